The van der Waals surface area contributed by atoms with Gasteiger partial charge in [0, 0.05) is 18.6 Å². The van der Waals surface area contributed by atoms with Gasteiger partial charge in [-0.3, -0.25) is 4.90 Å². The van der Waals surface area contributed by atoms with Crippen molar-refractivity contribution in [2.24, 2.45) is 5.73 Å². The van der Waals surface area contributed by atoms with E-state index < -0.39 is 0 Å². The number of hydrogen-bond donors (Lipinski definition) is 1. The highest BCUT2D eigenvalue weighted by atomic mass is 15.2. The molecule has 1 saturated carbocycles. The van der Waals surface area contributed by atoms with E-state index in [0.29, 0.717) is 12.1 Å². The Balaban J connectivity index is 1.99. The Bertz CT molecular complexity index is 462. The first kappa shape index (κ1) is 12.2. The molecule has 0 amide bonds. The molecule has 0 bridgehead atoms. The highest BCUT2D eigenvalue weighted by Gasteiger charge is 2.41. The Morgan fingerprint density at radius 3 is 2.33 bits per heavy atom. The zero-order valence-electron chi connectivity index (χ0n) is 11.7. The van der Waals surface area contributed by atoms with Crippen LogP contribution in [-0.4, -0.2) is 23.5 Å². The average Bonchev–Trinajstić information content (AvgIpc) is 3.09. The third-order valence-electron chi connectivity index (χ3n) is 4.70. The molecule has 18 heavy (non-hydrogen) atoms. The SMILES string of the molecule is Cc1cc(C)c(C2C(N)CCN2C2CC2)cc1C. The van der Waals surface area contributed by atoms with Crippen molar-refractivity contribution in [3.05, 3.63) is 34.4 Å². The fourth-order valence-electron chi connectivity index (χ4n) is 3.37. The van der Waals surface area contributed by atoms with Gasteiger partial charge in [0.25, 0.3) is 0 Å². The van der Waals surface area contributed by atoms with Crippen molar-refractivity contribution < 1.29 is 0 Å². The van der Waals surface area contributed by atoms with Crippen LogP contribution in [0, 0.1) is 20.8 Å². The van der Waals surface area contributed by atoms with Gasteiger partial charge >= 0.3 is 0 Å². The maximum atomic E-state index is 6.38. The maximum absolute atomic E-state index is 6.38. The van der Waals surface area contributed by atoms with Gasteiger partial charge in [-0.15, -0.1) is 0 Å². The second kappa shape index (κ2) is 4.36. The summed E-state index contributed by atoms with van der Waals surface area (Å²) in [6.45, 7) is 7.82. The van der Waals surface area contributed by atoms with E-state index in [1.807, 2.05) is 0 Å². The average molecular weight is 244 g/mol. The molecule has 2 atom stereocenters. The summed E-state index contributed by atoms with van der Waals surface area (Å²) < 4.78 is 0. The third kappa shape index (κ3) is 1.98. The molecule has 3 rings (SSSR count). The zero-order valence-corrected chi connectivity index (χ0v) is 11.7. The fraction of sp³-hybridized carbons (Fsp3) is 0.625. The highest BCUT2D eigenvalue weighted by Crippen LogP contribution is 2.41. The molecule has 0 aromatic heterocycles. The molecule has 1 saturated heterocycles. The van der Waals surface area contributed by atoms with E-state index in [2.05, 4.69) is 37.8 Å². The summed E-state index contributed by atoms with van der Waals surface area (Å²) in [5, 5.41) is 0. The predicted octanol–water partition coefficient (Wildman–Crippen LogP) is 2.85. The molecule has 0 radical (unpaired) electrons. The lowest BCUT2D eigenvalue weighted by Gasteiger charge is -2.29. The second-order valence-corrected chi connectivity index (χ2v) is 6.16. The molecule has 0 spiro atoms. The fourth-order valence-corrected chi connectivity index (χ4v) is 3.37. The van der Waals surface area contributed by atoms with Crippen molar-refractivity contribution in [1.82, 2.24) is 4.90 Å². The van der Waals surface area contributed by atoms with Crippen LogP contribution in [0.2, 0.25) is 0 Å². The van der Waals surface area contributed by atoms with E-state index in [1.54, 1.807) is 0 Å². The molecule has 2 unspecified atom stereocenters. The van der Waals surface area contributed by atoms with Crippen LogP contribution in [0.3, 0.4) is 0 Å². The molecule has 1 heterocycles. The molecular formula is C16H24N2. The van der Waals surface area contributed by atoms with E-state index in [4.69, 9.17) is 5.73 Å². The monoisotopic (exact) mass is 244 g/mol. The molecule has 1 aromatic carbocycles. The summed E-state index contributed by atoms with van der Waals surface area (Å²) in [6, 6.07) is 6.27. The van der Waals surface area contributed by atoms with Gasteiger partial charge in [0.15, 0.2) is 0 Å². The van der Waals surface area contributed by atoms with Crippen molar-refractivity contribution in [1.29, 1.82) is 0 Å². The summed E-state index contributed by atoms with van der Waals surface area (Å²) in [6.07, 6.45) is 3.88. The van der Waals surface area contributed by atoms with Gasteiger partial charge in [-0.25, -0.2) is 0 Å². The van der Waals surface area contributed by atoms with Crippen molar-refractivity contribution >= 4 is 0 Å². The van der Waals surface area contributed by atoms with E-state index in [0.717, 1.165) is 12.5 Å². The van der Waals surface area contributed by atoms with Gasteiger partial charge in [-0.05, 0) is 62.3 Å². The van der Waals surface area contributed by atoms with Crippen LogP contribution in [-0.2, 0) is 0 Å². The normalized spacial score (nSPS) is 28.9. The summed E-state index contributed by atoms with van der Waals surface area (Å²) in [5.41, 5.74) is 12.0. The lowest BCUT2D eigenvalue weighted by Crippen LogP contribution is -2.33. The number of nitrogens with zero attached hydrogens (tertiary/aromatic N) is 1. The first-order valence-corrected chi connectivity index (χ1v) is 7.17. The van der Waals surface area contributed by atoms with Gasteiger partial charge in [-0.1, -0.05) is 12.1 Å². The number of likely N-dealkylation sites (tertiary alicyclic amines) is 1. The van der Waals surface area contributed by atoms with E-state index in [9.17, 15) is 0 Å². The van der Waals surface area contributed by atoms with Crippen LogP contribution in [0.25, 0.3) is 0 Å². The van der Waals surface area contributed by atoms with E-state index >= 15 is 0 Å². The third-order valence-corrected chi connectivity index (χ3v) is 4.70. The molecule has 2 aliphatic rings. The largest absolute Gasteiger partial charge is 0.326 e. The van der Waals surface area contributed by atoms with Crippen LogP contribution < -0.4 is 5.73 Å². The Labute approximate surface area is 110 Å². The highest BCUT2D eigenvalue weighted by molar-refractivity contribution is 5.39. The standard InChI is InChI=1S/C16H24N2/c1-10-8-12(3)14(9-11(10)2)16-15(17)6-7-18(16)13-4-5-13/h8-9,13,15-16H,4-7,17H2,1-3H3. The first-order valence-electron chi connectivity index (χ1n) is 7.17. The summed E-state index contributed by atoms with van der Waals surface area (Å²) >= 11 is 0. The Hall–Kier alpha value is -0.860. The second-order valence-electron chi connectivity index (χ2n) is 6.16. The van der Waals surface area contributed by atoms with Gasteiger partial charge in [0.05, 0.1) is 6.04 Å². The zero-order chi connectivity index (χ0) is 12.9. The first-order chi connectivity index (χ1) is 8.58. The molecule has 1 aliphatic heterocycles. The Morgan fingerprint density at radius 2 is 1.67 bits per heavy atom. The molecule has 2 heteroatoms. The van der Waals surface area contributed by atoms with Gasteiger partial charge in [0.2, 0.25) is 0 Å². The van der Waals surface area contributed by atoms with Crippen molar-refractivity contribution in [3.63, 3.8) is 0 Å². The molecule has 1 aromatic rings. The minimum atomic E-state index is 0.311. The number of benzene rings is 1. The quantitative estimate of drug-likeness (QED) is 0.867. The topological polar surface area (TPSA) is 29.3 Å². The van der Waals surface area contributed by atoms with E-state index in [1.165, 1.54) is 41.6 Å². The number of hydrogen-bond acceptors (Lipinski definition) is 2. The minimum Gasteiger partial charge on any atom is -0.326 e. The predicted molar refractivity (Wildman–Crippen MR) is 75.7 cm³/mol. The summed E-state index contributed by atoms with van der Waals surface area (Å²) in [4.78, 5) is 2.65. The van der Waals surface area contributed by atoms with Crippen LogP contribution in [0.1, 0.15) is 47.6 Å². The number of nitrogens with two attached hydrogens (primary N) is 1. The molecule has 2 N–H and O–H groups in total. The molecular weight excluding hydrogens is 220 g/mol. The van der Waals surface area contributed by atoms with Gasteiger partial charge in [-0.2, -0.15) is 0 Å². The van der Waals surface area contributed by atoms with Gasteiger partial charge in [0.1, 0.15) is 0 Å². The van der Waals surface area contributed by atoms with Crippen LogP contribution in [0.5, 0.6) is 0 Å². The van der Waals surface area contributed by atoms with Crippen LogP contribution in [0.4, 0.5) is 0 Å². The summed E-state index contributed by atoms with van der Waals surface area (Å²) in [7, 11) is 0. The maximum Gasteiger partial charge on any atom is 0.0505 e. The van der Waals surface area contributed by atoms with E-state index in [-0.39, 0.29) is 0 Å². The molecule has 2 fully saturated rings. The lowest BCUT2D eigenvalue weighted by atomic mass is 9.92. The minimum absolute atomic E-state index is 0.311. The summed E-state index contributed by atoms with van der Waals surface area (Å²) in [5.74, 6) is 0. The van der Waals surface area contributed by atoms with Crippen molar-refractivity contribution in [2.45, 2.75) is 58.2 Å². The number of rotatable bonds is 2. The Kier molecular flexibility index (Phi) is 2.95. The van der Waals surface area contributed by atoms with Crippen molar-refractivity contribution in [3.8, 4) is 0 Å². The smallest absolute Gasteiger partial charge is 0.0505 e. The van der Waals surface area contributed by atoms with Crippen LogP contribution >= 0.6 is 0 Å². The molecule has 1 aliphatic carbocycles. The van der Waals surface area contributed by atoms with Crippen LogP contribution in [0.15, 0.2) is 12.1 Å². The van der Waals surface area contributed by atoms with Gasteiger partial charge < -0.3 is 5.73 Å². The molecule has 98 valence electrons. The molecule has 2 nitrogen and oxygen atoms in total. The van der Waals surface area contributed by atoms with Crippen molar-refractivity contribution in [2.75, 3.05) is 6.54 Å². The number of aryl methyl sites for hydroxylation is 3. The Morgan fingerprint density at radius 1 is 1.00 bits per heavy atom. The lowest BCUT2D eigenvalue weighted by molar-refractivity contribution is 0.236.